The van der Waals surface area contributed by atoms with Gasteiger partial charge in [-0.25, -0.2) is 4.39 Å². The van der Waals surface area contributed by atoms with Crippen molar-refractivity contribution in [3.8, 4) is 11.5 Å². The predicted molar refractivity (Wildman–Crippen MR) is 90.7 cm³/mol. The number of benzene rings is 2. The molecule has 1 amide bonds. The van der Waals surface area contributed by atoms with Crippen LogP contribution in [0.3, 0.4) is 0 Å². The van der Waals surface area contributed by atoms with Crippen LogP contribution in [0.1, 0.15) is 31.4 Å². The second-order valence-corrected chi connectivity index (χ2v) is 5.47. The van der Waals surface area contributed by atoms with Crippen LogP contribution >= 0.6 is 0 Å². The molecule has 5 heteroatoms. The molecule has 0 saturated heterocycles. The Bertz CT molecular complexity index is 641. The Labute approximate surface area is 141 Å². The zero-order valence-corrected chi connectivity index (χ0v) is 13.9. The minimum absolute atomic E-state index is 0.0508. The lowest BCUT2D eigenvalue weighted by molar-refractivity contribution is -0.121. The minimum atomic E-state index is -0.284. The lowest BCUT2D eigenvalue weighted by Crippen LogP contribution is -2.26. The Morgan fingerprint density at radius 3 is 2.33 bits per heavy atom. The van der Waals surface area contributed by atoms with Gasteiger partial charge in [-0.05, 0) is 55.3 Å². The van der Waals surface area contributed by atoms with E-state index in [2.05, 4.69) is 5.32 Å². The second kappa shape index (κ2) is 8.91. The quantitative estimate of drug-likeness (QED) is 0.747. The van der Waals surface area contributed by atoms with E-state index in [0.29, 0.717) is 19.4 Å². The first-order valence-corrected chi connectivity index (χ1v) is 7.90. The Morgan fingerprint density at radius 1 is 1.08 bits per heavy atom. The highest BCUT2D eigenvalue weighted by molar-refractivity contribution is 5.76. The molecular weight excluding hydrogens is 309 g/mol. The lowest BCUT2D eigenvalue weighted by atomic mass is 10.1. The molecule has 0 spiro atoms. The fourth-order valence-corrected chi connectivity index (χ4v) is 2.24. The van der Waals surface area contributed by atoms with E-state index < -0.39 is 0 Å². The SMILES string of the molecule is COc1ccc(OCCCC(=O)N[C@H](C)c2ccc(F)cc2)cc1. The van der Waals surface area contributed by atoms with Crippen molar-refractivity contribution in [1.29, 1.82) is 0 Å². The number of methoxy groups -OCH3 is 1. The van der Waals surface area contributed by atoms with Gasteiger partial charge in [0.05, 0.1) is 19.8 Å². The van der Waals surface area contributed by atoms with Gasteiger partial charge in [0.2, 0.25) is 5.91 Å². The monoisotopic (exact) mass is 331 g/mol. The highest BCUT2D eigenvalue weighted by Gasteiger charge is 2.09. The van der Waals surface area contributed by atoms with Gasteiger partial charge in [-0.3, -0.25) is 4.79 Å². The molecule has 0 aliphatic rings. The summed E-state index contributed by atoms with van der Waals surface area (Å²) < 4.78 is 23.6. The molecule has 2 aromatic carbocycles. The van der Waals surface area contributed by atoms with Gasteiger partial charge < -0.3 is 14.8 Å². The normalized spacial score (nSPS) is 11.6. The predicted octanol–water partition coefficient (Wildman–Crippen LogP) is 3.87. The van der Waals surface area contributed by atoms with Gasteiger partial charge in [0.15, 0.2) is 0 Å². The topological polar surface area (TPSA) is 47.6 Å². The third-order valence-electron chi connectivity index (χ3n) is 3.62. The molecule has 0 radical (unpaired) electrons. The number of carbonyl (C=O) groups is 1. The largest absolute Gasteiger partial charge is 0.497 e. The zero-order valence-electron chi connectivity index (χ0n) is 13.9. The third-order valence-corrected chi connectivity index (χ3v) is 3.62. The molecule has 0 aliphatic carbocycles. The average Bonchev–Trinajstić information content (AvgIpc) is 2.59. The molecule has 0 heterocycles. The Morgan fingerprint density at radius 2 is 1.71 bits per heavy atom. The van der Waals surface area contributed by atoms with Crippen molar-refractivity contribution in [3.05, 3.63) is 59.9 Å². The van der Waals surface area contributed by atoms with Crippen molar-refractivity contribution in [2.75, 3.05) is 13.7 Å². The minimum Gasteiger partial charge on any atom is -0.497 e. The molecule has 2 rings (SSSR count). The van der Waals surface area contributed by atoms with E-state index >= 15 is 0 Å². The van der Waals surface area contributed by atoms with Crippen LogP contribution in [0.15, 0.2) is 48.5 Å². The molecule has 2 aromatic rings. The maximum atomic E-state index is 12.9. The molecule has 1 N–H and O–H groups in total. The fraction of sp³-hybridized carbons (Fsp3) is 0.316. The van der Waals surface area contributed by atoms with E-state index in [0.717, 1.165) is 17.1 Å². The molecule has 0 unspecified atom stereocenters. The van der Waals surface area contributed by atoms with E-state index in [1.807, 2.05) is 31.2 Å². The summed E-state index contributed by atoms with van der Waals surface area (Å²) >= 11 is 0. The van der Waals surface area contributed by atoms with Crippen molar-refractivity contribution in [2.45, 2.75) is 25.8 Å². The summed E-state index contributed by atoms with van der Waals surface area (Å²) in [5, 5.41) is 2.90. The molecule has 24 heavy (non-hydrogen) atoms. The summed E-state index contributed by atoms with van der Waals surface area (Å²) in [6.45, 7) is 2.34. The van der Waals surface area contributed by atoms with E-state index in [-0.39, 0.29) is 17.8 Å². The summed E-state index contributed by atoms with van der Waals surface area (Å²) in [5.74, 6) is 1.19. The van der Waals surface area contributed by atoms with Gasteiger partial charge >= 0.3 is 0 Å². The summed E-state index contributed by atoms with van der Waals surface area (Å²) in [4.78, 5) is 11.9. The van der Waals surface area contributed by atoms with E-state index in [1.54, 1.807) is 19.2 Å². The smallest absolute Gasteiger partial charge is 0.220 e. The molecule has 128 valence electrons. The number of ether oxygens (including phenoxy) is 2. The van der Waals surface area contributed by atoms with Crippen LogP contribution in [0.4, 0.5) is 4.39 Å². The van der Waals surface area contributed by atoms with E-state index in [1.165, 1.54) is 12.1 Å². The van der Waals surface area contributed by atoms with Crippen molar-refractivity contribution >= 4 is 5.91 Å². The number of hydrogen-bond donors (Lipinski definition) is 1. The number of carbonyl (C=O) groups excluding carboxylic acids is 1. The number of amides is 1. The van der Waals surface area contributed by atoms with Crippen molar-refractivity contribution < 1.29 is 18.7 Å². The first-order valence-electron chi connectivity index (χ1n) is 7.90. The van der Waals surface area contributed by atoms with Crippen LogP contribution in [0.2, 0.25) is 0 Å². The van der Waals surface area contributed by atoms with Crippen molar-refractivity contribution in [2.24, 2.45) is 0 Å². The summed E-state index contributed by atoms with van der Waals surface area (Å²) in [6, 6.07) is 13.3. The van der Waals surface area contributed by atoms with Gasteiger partial charge in [-0.2, -0.15) is 0 Å². The molecule has 4 nitrogen and oxygen atoms in total. The highest BCUT2D eigenvalue weighted by Crippen LogP contribution is 2.17. The van der Waals surface area contributed by atoms with Gasteiger partial charge in [-0.15, -0.1) is 0 Å². The maximum Gasteiger partial charge on any atom is 0.220 e. The van der Waals surface area contributed by atoms with Crippen molar-refractivity contribution in [1.82, 2.24) is 5.32 Å². The van der Waals surface area contributed by atoms with Crippen LogP contribution in [-0.4, -0.2) is 19.6 Å². The van der Waals surface area contributed by atoms with E-state index in [9.17, 15) is 9.18 Å². The Hall–Kier alpha value is -2.56. The van der Waals surface area contributed by atoms with Gasteiger partial charge in [0.25, 0.3) is 0 Å². The van der Waals surface area contributed by atoms with Crippen molar-refractivity contribution in [3.63, 3.8) is 0 Å². The third kappa shape index (κ3) is 5.57. The Kier molecular flexibility index (Phi) is 6.61. The number of rotatable bonds is 8. The first kappa shape index (κ1) is 17.8. The van der Waals surface area contributed by atoms with Gasteiger partial charge in [-0.1, -0.05) is 12.1 Å². The van der Waals surface area contributed by atoms with Gasteiger partial charge in [0.1, 0.15) is 17.3 Å². The second-order valence-electron chi connectivity index (χ2n) is 5.47. The van der Waals surface area contributed by atoms with Crippen LogP contribution in [0.5, 0.6) is 11.5 Å². The standard InChI is InChI=1S/C19H22FNO3/c1-14(15-5-7-16(20)8-6-15)21-19(22)4-3-13-24-18-11-9-17(23-2)10-12-18/h5-12,14H,3-4,13H2,1-2H3,(H,21,22)/t14-/m1/s1. The molecular formula is C19H22FNO3. The molecule has 0 aliphatic heterocycles. The van der Waals surface area contributed by atoms with Crippen LogP contribution in [0.25, 0.3) is 0 Å². The van der Waals surface area contributed by atoms with E-state index in [4.69, 9.17) is 9.47 Å². The maximum absolute atomic E-state index is 12.9. The Balaban J connectivity index is 1.68. The zero-order chi connectivity index (χ0) is 17.4. The molecule has 0 saturated carbocycles. The molecule has 1 atom stereocenters. The van der Waals surface area contributed by atoms with Crippen LogP contribution < -0.4 is 14.8 Å². The summed E-state index contributed by atoms with van der Waals surface area (Å²) in [5.41, 5.74) is 0.874. The lowest BCUT2D eigenvalue weighted by Gasteiger charge is -2.14. The summed E-state index contributed by atoms with van der Waals surface area (Å²) in [6.07, 6.45) is 0.996. The van der Waals surface area contributed by atoms with Crippen LogP contribution in [-0.2, 0) is 4.79 Å². The number of halogens is 1. The fourth-order valence-electron chi connectivity index (χ4n) is 2.24. The highest BCUT2D eigenvalue weighted by atomic mass is 19.1. The summed E-state index contributed by atoms with van der Waals surface area (Å²) in [7, 11) is 1.61. The number of hydrogen-bond acceptors (Lipinski definition) is 3. The number of nitrogens with one attached hydrogen (secondary N) is 1. The first-order chi connectivity index (χ1) is 11.6. The molecule has 0 bridgehead atoms. The average molecular weight is 331 g/mol. The molecule has 0 fully saturated rings. The molecule has 0 aromatic heterocycles. The van der Waals surface area contributed by atoms with Crippen LogP contribution in [0, 0.1) is 5.82 Å². The van der Waals surface area contributed by atoms with Gasteiger partial charge in [0, 0.05) is 6.42 Å².